The van der Waals surface area contributed by atoms with Gasteiger partial charge in [-0.25, -0.2) is 0 Å². The van der Waals surface area contributed by atoms with Crippen LogP contribution in [0.25, 0.3) is 0 Å². The van der Waals surface area contributed by atoms with Gasteiger partial charge in [-0.15, -0.1) is 0 Å². The van der Waals surface area contributed by atoms with Gasteiger partial charge in [-0.05, 0) is 18.8 Å². The molecular formula is C9H16O2. The van der Waals surface area contributed by atoms with E-state index in [0.717, 1.165) is 6.42 Å². The van der Waals surface area contributed by atoms with Gasteiger partial charge in [0.15, 0.2) is 0 Å². The van der Waals surface area contributed by atoms with E-state index in [2.05, 4.69) is 20.8 Å². The number of hydrogen-bond donors (Lipinski definition) is 0. The molecule has 0 aromatic rings. The average Bonchev–Trinajstić information content (AvgIpc) is 2.12. The molecule has 1 aliphatic rings. The summed E-state index contributed by atoms with van der Waals surface area (Å²) in [6.07, 6.45) is 0.856. The van der Waals surface area contributed by atoms with Crippen molar-refractivity contribution in [3.63, 3.8) is 0 Å². The van der Waals surface area contributed by atoms with Crippen molar-refractivity contribution in [2.45, 2.75) is 34.1 Å². The lowest BCUT2D eigenvalue weighted by Crippen LogP contribution is -2.36. The van der Waals surface area contributed by atoms with Crippen molar-refractivity contribution < 1.29 is 9.53 Å². The first kappa shape index (κ1) is 8.57. The molecule has 1 rings (SSSR count). The van der Waals surface area contributed by atoms with Crippen molar-refractivity contribution in [1.82, 2.24) is 0 Å². The molecule has 0 aromatic heterocycles. The molecule has 1 aliphatic heterocycles. The standard InChI is InChI=1S/C9H16O2/c1-8(2,3)9(4)5-6-11-7(9)10/h5-6H2,1-4H3. The van der Waals surface area contributed by atoms with Crippen LogP contribution in [0.1, 0.15) is 34.1 Å². The van der Waals surface area contributed by atoms with Gasteiger partial charge < -0.3 is 4.74 Å². The predicted molar refractivity (Wildman–Crippen MR) is 43.1 cm³/mol. The van der Waals surface area contributed by atoms with Crippen LogP contribution >= 0.6 is 0 Å². The van der Waals surface area contributed by atoms with E-state index >= 15 is 0 Å². The monoisotopic (exact) mass is 156 g/mol. The second-order valence-electron chi connectivity index (χ2n) is 4.47. The SMILES string of the molecule is CC(C)(C)C1(C)CCOC1=O. The Hall–Kier alpha value is -0.530. The van der Waals surface area contributed by atoms with E-state index in [1.54, 1.807) is 0 Å². The molecule has 11 heavy (non-hydrogen) atoms. The molecule has 0 aromatic carbocycles. The zero-order valence-corrected chi connectivity index (χ0v) is 7.73. The fourth-order valence-electron chi connectivity index (χ4n) is 1.29. The van der Waals surface area contributed by atoms with Gasteiger partial charge in [0.1, 0.15) is 0 Å². The Balaban J connectivity index is 2.90. The summed E-state index contributed by atoms with van der Waals surface area (Å²) in [6, 6.07) is 0. The molecule has 0 amide bonds. The molecule has 2 heteroatoms. The molecule has 64 valence electrons. The Labute approximate surface area is 67.9 Å². The quantitative estimate of drug-likeness (QED) is 0.501. The summed E-state index contributed by atoms with van der Waals surface area (Å²) in [4.78, 5) is 11.3. The van der Waals surface area contributed by atoms with Crippen LogP contribution in [-0.2, 0) is 9.53 Å². The Morgan fingerprint density at radius 2 is 2.00 bits per heavy atom. The van der Waals surface area contributed by atoms with Gasteiger partial charge in [0.2, 0.25) is 0 Å². The Morgan fingerprint density at radius 1 is 1.45 bits per heavy atom. The third-order valence-electron chi connectivity index (χ3n) is 2.94. The van der Waals surface area contributed by atoms with Crippen LogP contribution in [0.3, 0.4) is 0 Å². The fraction of sp³-hybridized carbons (Fsp3) is 0.889. The van der Waals surface area contributed by atoms with Crippen LogP contribution in [0, 0.1) is 10.8 Å². The first-order valence-electron chi connectivity index (χ1n) is 4.05. The zero-order chi connectivity index (χ0) is 8.70. The predicted octanol–water partition coefficient (Wildman–Crippen LogP) is 1.99. The third kappa shape index (κ3) is 1.15. The van der Waals surface area contributed by atoms with E-state index in [1.165, 1.54) is 0 Å². The molecule has 1 saturated heterocycles. The summed E-state index contributed by atoms with van der Waals surface area (Å²) < 4.78 is 4.96. The van der Waals surface area contributed by atoms with Crippen LogP contribution in [-0.4, -0.2) is 12.6 Å². The molecule has 0 bridgehead atoms. The molecule has 0 aliphatic carbocycles. The summed E-state index contributed by atoms with van der Waals surface area (Å²) in [5, 5.41) is 0. The minimum absolute atomic E-state index is 0.0145. The molecule has 1 unspecified atom stereocenters. The molecule has 2 nitrogen and oxygen atoms in total. The highest BCUT2D eigenvalue weighted by Crippen LogP contribution is 2.45. The van der Waals surface area contributed by atoms with Crippen molar-refractivity contribution >= 4 is 5.97 Å². The number of cyclic esters (lactones) is 1. The van der Waals surface area contributed by atoms with E-state index in [-0.39, 0.29) is 16.8 Å². The van der Waals surface area contributed by atoms with E-state index in [1.807, 2.05) is 6.92 Å². The normalized spacial score (nSPS) is 32.2. The highest BCUT2D eigenvalue weighted by molar-refractivity contribution is 5.79. The Bertz CT molecular complexity index is 178. The van der Waals surface area contributed by atoms with E-state index in [4.69, 9.17) is 4.74 Å². The van der Waals surface area contributed by atoms with Crippen molar-refractivity contribution in [2.75, 3.05) is 6.61 Å². The van der Waals surface area contributed by atoms with E-state index in [0.29, 0.717) is 6.61 Å². The molecular weight excluding hydrogens is 140 g/mol. The molecule has 1 atom stereocenters. The van der Waals surface area contributed by atoms with Gasteiger partial charge in [0.25, 0.3) is 0 Å². The van der Waals surface area contributed by atoms with Crippen LogP contribution in [0.2, 0.25) is 0 Å². The van der Waals surface area contributed by atoms with Gasteiger partial charge in [0, 0.05) is 0 Å². The number of ether oxygens (including phenoxy) is 1. The summed E-state index contributed by atoms with van der Waals surface area (Å²) in [7, 11) is 0. The number of hydrogen-bond acceptors (Lipinski definition) is 2. The maximum absolute atomic E-state index is 11.3. The number of carbonyl (C=O) groups is 1. The summed E-state index contributed by atoms with van der Waals surface area (Å²) >= 11 is 0. The van der Waals surface area contributed by atoms with Gasteiger partial charge in [-0.2, -0.15) is 0 Å². The lowest BCUT2D eigenvalue weighted by atomic mass is 9.67. The highest BCUT2D eigenvalue weighted by Gasteiger charge is 2.48. The summed E-state index contributed by atoms with van der Waals surface area (Å²) in [5.74, 6) is -0.0370. The molecule has 0 radical (unpaired) electrons. The van der Waals surface area contributed by atoms with Crippen molar-refractivity contribution in [1.29, 1.82) is 0 Å². The number of esters is 1. The first-order valence-corrected chi connectivity index (χ1v) is 4.05. The summed E-state index contributed by atoms with van der Waals surface area (Å²) in [5.41, 5.74) is -0.256. The smallest absolute Gasteiger partial charge is 0.312 e. The van der Waals surface area contributed by atoms with Crippen molar-refractivity contribution in [3.8, 4) is 0 Å². The van der Waals surface area contributed by atoms with Crippen molar-refractivity contribution in [3.05, 3.63) is 0 Å². The molecule has 1 heterocycles. The first-order chi connectivity index (χ1) is 4.88. The maximum atomic E-state index is 11.3. The molecule has 0 spiro atoms. The van der Waals surface area contributed by atoms with Gasteiger partial charge in [0.05, 0.1) is 12.0 Å². The highest BCUT2D eigenvalue weighted by atomic mass is 16.5. The van der Waals surface area contributed by atoms with Crippen LogP contribution in [0.4, 0.5) is 0 Å². The van der Waals surface area contributed by atoms with Crippen LogP contribution in [0.5, 0.6) is 0 Å². The minimum Gasteiger partial charge on any atom is -0.465 e. The summed E-state index contributed by atoms with van der Waals surface area (Å²) in [6.45, 7) is 8.83. The third-order valence-corrected chi connectivity index (χ3v) is 2.94. The molecule has 0 N–H and O–H groups in total. The minimum atomic E-state index is -0.271. The lowest BCUT2D eigenvalue weighted by molar-refractivity contribution is -0.150. The number of carbonyl (C=O) groups excluding carboxylic acids is 1. The average molecular weight is 156 g/mol. The van der Waals surface area contributed by atoms with Crippen LogP contribution in [0.15, 0.2) is 0 Å². The zero-order valence-electron chi connectivity index (χ0n) is 7.73. The lowest BCUT2D eigenvalue weighted by Gasteiger charge is -2.34. The van der Waals surface area contributed by atoms with Gasteiger partial charge in [-0.3, -0.25) is 4.79 Å². The Kier molecular flexibility index (Phi) is 1.73. The number of rotatable bonds is 0. The largest absolute Gasteiger partial charge is 0.465 e. The topological polar surface area (TPSA) is 26.3 Å². The van der Waals surface area contributed by atoms with E-state index < -0.39 is 0 Å². The van der Waals surface area contributed by atoms with Gasteiger partial charge in [-0.1, -0.05) is 20.8 Å². The fourth-order valence-corrected chi connectivity index (χ4v) is 1.29. The maximum Gasteiger partial charge on any atom is 0.312 e. The van der Waals surface area contributed by atoms with Crippen LogP contribution < -0.4 is 0 Å². The second kappa shape index (κ2) is 2.23. The Morgan fingerprint density at radius 3 is 2.18 bits per heavy atom. The van der Waals surface area contributed by atoms with E-state index in [9.17, 15) is 4.79 Å². The van der Waals surface area contributed by atoms with Crippen molar-refractivity contribution in [2.24, 2.45) is 10.8 Å². The molecule has 1 fully saturated rings. The van der Waals surface area contributed by atoms with Gasteiger partial charge >= 0.3 is 5.97 Å². The second-order valence-corrected chi connectivity index (χ2v) is 4.47. The molecule has 0 saturated carbocycles.